The predicted octanol–water partition coefficient (Wildman–Crippen LogP) is 1.37. The standard InChI is InChI=1S/C11H16N2O2/c1-9(14)11-5-4-10(8-12-11)13(2)6-7-15-3/h4-5,8H,6-7H2,1-3H3. The Morgan fingerprint density at radius 3 is 2.73 bits per heavy atom. The third-order valence-corrected chi connectivity index (χ3v) is 2.18. The zero-order chi connectivity index (χ0) is 11.3. The van der Waals surface area contributed by atoms with Crippen molar-refractivity contribution in [2.45, 2.75) is 6.92 Å². The van der Waals surface area contributed by atoms with E-state index in [0.717, 1.165) is 12.2 Å². The van der Waals surface area contributed by atoms with E-state index in [0.29, 0.717) is 12.3 Å². The molecule has 0 aliphatic rings. The van der Waals surface area contributed by atoms with Crippen molar-refractivity contribution in [1.82, 2.24) is 4.98 Å². The van der Waals surface area contributed by atoms with E-state index < -0.39 is 0 Å². The van der Waals surface area contributed by atoms with Gasteiger partial charge in [0, 0.05) is 27.6 Å². The molecule has 15 heavy (non-hydrogen) atoms. The Hall–Kier alpha value is -1.42. The molecule has 0 aliphatic carbocycles. The SMILES string of the molecule is COCCN(C)c1ccc(C(C)=O)nc1. The van der Waals surface area contributed by atoms with Crippen molar-refractivity contribution in [3.63, 3.8) is 0 Å². The third-order valence-electron chi connectivity index (χ3n) is 2.18. The Morgan fingerprint density at radius 1 is 1.53 bits per heavy atom. The number of anilines is 1. The summed E-state index contributed by atoms with van der Waals surface area (Å²) in [7, 11) is 3.63. The smallest absolute Gasteiger partial charge is 0.178 e. The van der Waals surface area contributed by atoms with Crippen LogP contribution in [-0.2, 0) is 4.74 Å². The van der Waals surface area contributed by atoms with Crippen molar-refractivity contribution >= 4 is 11.5 Å². The van der Waals surface area contributed by atoms with Crippen molar-refractivity contribution in [2.75, 3.05) is 32.2 Å². The molecular weight excluding hydrogens is 192 g/mol. The first-order valence-corrected chi connectivity index (χ1v) is 4.82. The summed E-state index contributed by atoms with van der Waals surface area (Å²) in [5.74, 6) is -0.0129. The number of ether oxygens (including phenoxy) is 1. The summed E-state index contributed by atoms with van der Waals surface area (Å²) in [6.45, 7) is 2.99. The topological polar surface area (TPSA) is 42.4 Å². The molecule has 4 heteroatoms. The average molecular weight is 208 g/mol. The lowest BCUT2D eigenvalue weighted by molar-refractivity contribution is 0.101. The predicted molar refractivity (Wildman–Crippen MR) is 59.4 cm³/mol. The highest BCUT2D eigenvalue weighted by molar-refractivity contribution is 5.92. The lowest BCUT2D eigenvalue weighted by Crippen LogP contribution is -2.22. The maximum atomic E-state index is 11.0. The van der Waals surface area contributed by atoms with E-state index in [1.807, 2.05) is 18.0 Å². The van der Waals surface area contributed by atoms with Crippen LogP contribution in [0.2, 0.25) is 0 Å². The molecule has 0 N–H and O–H groups in total. The highest BCUT2D eigenvalue weighted by Gasteiger charge is 2.03. The van der Waals surface area contributed by atoms with Crippen LogP contribution in [0.3, 0.4) is 0 Å². The normalized spacial score (nSPS) is 10.1. The molecule has 0 fully saturated rings. The highest BCUT2D eigenvalue weighted by atomic mass is 16.5. The minimum atomic E-state index is -0.0129. The number of aromatic nitrogens is 1. The minimum absolute atomic E-state index is 0.0129. The van der Waals surface area contributed by atoms with E-state index >= 15 is 0 Å². The number of carbonyl (C=O) groups is 1. The second kappa shape index (κ2) is 5.46. The van der Waals surface area contributed by atoms with E-state index in [4.69, 9.17) is 4.74 Å². The molecule has 0 saturated heterocycles. The highest BCUT2D eigenvalue weighted by Crippen LogP contribution is 2.10. The van der Waals surface area contributed by atoms with Crippen LogP contribution in [0.1, 0.15) is 17.4 Å². The van der Waals surface area contributed by atoms with Gasteiger partial charge in [-0.2, -0.15) is 0 Å². The van der Waals surface area contributed by atoms with Crippen molar-refractivity contribution in [3.8, 4) is 0 Å². The molecule has 1 rings (SSSR count). The average Bonchev–Trinajstić information content (AvgIpc) is 2.26. The van der Waals surface area contributed by atoms with E-state index in [1.165, 1.54) is 6.92 Å². The van der Waals surface area contributed by atoms with E-state index in [1.54, 1.807) is 19.4 Å². The zero-order valence-electron chi connectivity index (χ0n) is 9.36. The summed E-state index contributed by atoms with van der Waals surface area (Å²) in [6.07, 6.45) is 1.70. The van der Waals surface area contributed by atoms with Gasteiger partial charge in [-0.05, 0) is 12.1 Å². The Morgan fingerprint density at radius 2 is 2.27 bits per heavy atom. The quantitative estimate of drug-likeness (QED) is 0.685. The molecule has 0 unspecified atom stereocenters. The van der Waals surface area contributed by atoms with Crippen LogP contribution in [0.5, 0.6) is 0 Å². The van der Waals surface area contributed by atoms with Gasteiger partial charge in [-0.15, -0.1) is 0 Å². The second-order valence-corrected chi connectivity index (χ2v) is 3.37. The van der Waals surface area contributed by atoms with Crippen molar-refractivity contribution in [1.29, 1.82) is 0 Å². The molecule has 1 heterocycles. The van der Waals surface area contributed by atoms with Gasteiger partial charge < -0.3 is 9.64 Å². The number of hydrogen-bond acceptors (Lipinski definition) is 4. The first-order valence-electron chi connectivity index (χ1n) is 4.82. The number of ketones is 1. The molecule has 0 aromatic carbocycles. The fourth-order valence-corrected chi connectivity index (χ4v) is 1.18. The zero-order valence-corrected chi connectivity index (χ0v) is 9.36. The van der Waals surface area contributed by atoms with E-state index in [2.05, 4.69) is 4.98 Å². The number of pyridine rings is 1. The molecule has 4 nitrogen and oxygen atoms in total. The molecule has 82 valence electrons. The van der Waals surface area contributed by atoms with Gasteiger partial charge in [0.15, 0.2) is 5.78 Å². The molecule has 1 aromatic rings. The molecule has 0 amide bonds. The number of methoxy groups -OCH3 is 1. The van der Waals surface area contributed by atoms with E-state index in [9.17, 15) is 4.79 Å². The van der Waals surface area contributed by atoms with Crippen LogP contribution in [0, 0.1) is 0 Å². The Labute approximate surface area is 89.9 Å². The Balaban J connectivity index is 2.66. The van der Waals surface area contributed by atoms with Crippen LogP contribution in [0.25, 0.3) is 0 Å². The molecule has 0 bridgehead atoms. The second-order valence-electron chi connectivity index (χ2n) is 3.37. The molecule has 0 saturated carbocycles. The lowest BCUT2D eigenvalue weighted by atomic mass is 10.2. The largest absolute Gasteiger partial charge is 0.383 e. The lowest BCUT2D eigenvalue weighted by Gasteiger charge is -2.18. The molecule has 1 aromatic heterocycles. The number of nitrogens with zero attached hydrogens (tertiary/aromatic N) is 2. The van der Waals surface area contributed by atoms with E-state index in [-0.39, 0.29) is 5.78 Å². The van der Waals surface area contributed by atoms with Gasteiger partial charge in [-0.25, -0.2) is 0 Å². The monoisotopic (exact) mass is 208 g/mol. The van der Waals surface area contributed by atoms with Gasteiger partial charge in [-0.1, -0.05) is 0 Å². The van der Waals surface area contributed by atoms with Crippen LogP contribution in [0.15, 0.2) is 18.3 Å². The minimum Gasteiger partial charge on any atom is -0.383 e. The number of rotatable bonds is 5. The van der Waals surface area contributed by atoms with Gasteiger partial charge in [0.25, 0.3) is 0 Å². The summed E-state index contributed by atoms with van der Waals surface area (Å²) in [5, 5.41) is 0. The van der Waals surface area contributed by atoms with Crippen LogP contribution < -0.4 is 4.90 Å². The number of Topliss-reactive ketones (excluding diaryl/α,β-unsaturated/α-hetero) is 1. The fourth-order valence-electron chi connectivity index (χ4n) is 1.18. The molecule has 0 spiro atoms. The fraction of sp³-hybridized carbons (Fsp3) is 0.455. The van der Waals surface area contributed by atoms with Gasteiger partial charge in [0.1, 0.15) is 5.69 Å². The van der Waals surface area contributed by atoms with Crippen molar-refractivity contribution in [3.05, 3.63) is 24.0 Å². The first kappa shape index (κ1) is 11.7. The Kier molecular flexibility index (Phi) is 4.24. The molecule has 0 atom stereocenters. The van der Waals surface area contributed by atoms with Gasteiger partial charge in [0.2, 0.25) is 0 Å². The van der Waals surface area contributed by atoms with Crippen LogP contribution in [0.4, 0.5) is 5.69 Å². The summed E-state index contributed by atoms with van der Waals surface area (Å²) < 4.78 is 4.98. The summed E-state index contributed by atoms with van der Waals surface area (Å²) in [6, 6.07) is 3.63. The summed E-state index contributed by atoms with van der Waals surface area (Å²) in [4.78, 5) is 17.1. The summed E-state index contributed by atoms with van der Waals surface area (Å²) in [5.41, 5.74) is 1.48. The van der Waals surface area contributed by atoms with Crippen LogP contribution in [-0.4, -0.2) is 38.1 Å². The third kappa shape index (κ3) is 3.32. The molecular formula is C11H16N2O2. The molecule has 0 radical (unpaired) electrons. The summed E-state index contributed by atoms with van der Waals surface area (Å²) >= 11 is 0. The van der Waals surface area contributed by atoms with Crippen molar-refractivity contribution < 1.29 is 9.53 Å². The van der Waals surface area contributed by atoms with Crippen molar-refractivity contribution in [2.24, 2.45) is 0 Å². The number of hydrogen-bond donors (Lipinski definition) is 0. The number of carbonyl (C=O) groups excluding carboxylic acids is 1. The first-order chi connectivity index (χ1) is 7.15. The maximum absolute atomic E-state index is 11.0. The van der Waals surface area contributed by atoms with Gasteiger partial charge >= 0.3 is 0 Å². The maximum Gasteiger partial charge on any atom is 0.178 e. The molecule has 0 aliphatic heterocycles. The van der Waals surface area contributed by atoms with Gasteiger partial charge in [-0.3, -0.25) is 9.78 Å². The number of likely N-dealkylation sites (N-methyl/N-ethyl adjacent to an activating group) is 1. The Bertz CT molecular complexity index is 322. The van der Waals surface area contributed by atoms with Crippen LogP contribution >= 0.6 is 0 Å². The van der Waals surface area contributed by atoms with Gasteiger partial charge in [0.05, 0.1) is 18.5 Å².